The van der Waals surface area contributed by atoms with E-state index in [-0.39, 0.29) is 24.4 Å². The second kappa shape index (κ2) is 6.04. The van der Waals surface area contributed by atoms with Gasteiger partial charge in [0.25, 0.3) is 0 Å². The molecule has 1 heterocycles. The van der Waals surface area contributed by atoms with Gasteiger partial charge in [0.1, 0.15) is 11.5 Å². The van der Waals surface area contributed by atoms with Crippen molar-refractivity contribution in [3.8, 4) is 0 Å². The molecule has 1 aromatic rings. The number of nitrogens with zero attached hydrogens (tertiary/aromatic N) is 1. The van der Waals surface area contributed by atoms with Gasteiger partial charge < -0.3 is 10.4 Å². The largest absolute Gasteiger partial charge is 0.433 e. The van der Waals surface area contributed by atoms with Gasteiger partial charge in [0.05, 0.1) is 0 Å². The molecule has 18 heavy (non-hydrogen) atoms. The number of halogens is 3. The summed E-state index contributed by atoms with van der Waals surface area (Å²) < 4.78 is 37.4. The van der Waals surface area contributed by atoms with E-state index in [1.165, 1.54) is 12.1 Å². The molecule has 0 aliphatic rings. The van der Waals surface area contributed by atoms with E-state index in [0.29, 0.717) is 6.42 Å². The molecule has 1 atom stereocenters. The van der Waals surface area contributed by atoms with Gasteiger partial charge in [-0.1, -0.05) is 19.9 Å². The van der Waals surface area contributed by atoms with E-state index in [1.807, 2.05) is 13.8 Å². The average molecular weight is 262 g/mol. The molecule has 0 saturated heterocycles. The summed E-state index contributed by atoms with van der Waals surface area (Å²) in [4.78, 5) is 3.53. The maximum atomic E-state index is 12.5. The monoisotopic (exact) mass is 262 g/mol. The van der Waals surface area contributed by atoms with Gasteiger partial charge in [-0.25, -0.2) is 4.98 Å². The van der Waals surface area contributed by atoms with E-state index in [2.05, 4.69) is 10.3 Å². The van der Waals surface area contributed by atoms with Crippen molar-refractivity contribution in [1.82, 2.24) is 4.98 Å². The Labute approximate surface area is 104 Å². The Hall–Kier alpha value is -1.30. The van der Waals surface area contributed by atoms with E-state index >= 15 is 0 Å². The van der Waals surface area contributed by atoms with E-state index < -0.39 is 11.9 Å². The molecule has 0 amide bonds. The number of rotatable bonds is 5. The summed E-state index contributed by atoms with van der Waals surface area (Å²) in [5.74, 6) is 0.366. The molecule has 1 aromatic heterocycles. The lowest BCUT2D eigenvalue weighted by Gasteiger charge is -2.22. The summed E-state index contributed by atoms with van der Waals surface area (Å²) in [5, 5.41) is 11.8. The zero-order chi connectivity index (χ0) is 13.8. The van der Waals surface area contributed by atoms with Crippen LogP contribution < -0.4 is 5.32 Å². The Kier molecular flexibility index (Phi) is 4.95. The van der Waals surface area contributed by atoms with Gasteiger partial charge in [-0.2, -0.15) is 13.2 Å². The van der Waals surface area contributed by atoms with Crippen molar-refractivity contribution in [2.24, 2.45) is 5.92 Å². The summed E-state index contributed by atoms with van der Waals surface area (Å²) in [6.07, 6.45) is -3.97. The minimum atomic E-state index is -4.44. The first-order valence-corrected chi connectivity index (χ1v) is 5.76. The zero-order valence-corrected chi connectivity index (χ0v) is 10.3. The molecule has 3 nitrogen and oxygen atoms in total. The third kappa shape index (κ3) is 4.18. The van der Waals surface area contributed by atoms with Crippen LogP contribution in [-0.2, 0) is 6.18 Å². The van der Waals surface area contributed by atoms with Crippen LogP contribution in [0.5, 0.6) is 0 Å². The fourth-order valence-electron chi connectivity index (χ4n) is 1.57. The fraction of sp³-hybridized carbons (Fsp3) is 0.583. The smallest absolute Gasteiger partial charge is 0.396 e. The molecule has 0 fully saturated rings. The molecule has 102 valence electrons. The Morgan fingerprint density at radius 2 is 2.00 bits per heavy atom. The van der Waals surface area contributed by atoms with E-state index in [0.717, 1.165) is 6.07 Å². The molecule has 0 radical (unpaired) electrons. The highest BCUT2D eigenvalue weighted by atomic mass is 19.4. The SMILES string of the molecule is CC(C)C(CCO)Nc1cccc(C(F)(F)F)n1. The molecular weight excluding hydrogens is 245 g/mol. The number of hydrogen-bond acceptors (Lipinski definition) is 3. The quantitative estimate of drug-likeness (QED) is 0.857. The van der Waals surface area contributed by atoms with Crippen LogP contribution in [0, 0.1) is 5.92 Å². The van der Waals surface area contributed by atoms with Crippen molar-refractivity contribution in [2.75, 3.05) is 11.9 Å². The molecule has 0 saturated carbocycles. The zero-order valence-electron chi connectivity index (χ0n) is 10.3. The lowest BCUT2D eigenvalue weighted by molar-refractivity contribution is -0.141. The number of aromatic nitrogens is 1. The first kappa shape index (κ1) is 14.8. The molecule has 1 rings (SSSR count). The Morgan fingerprint density at radius 3 is 2.50 bits per heavy atom. The van der Waals surface area contributed by atoms with Crippen LogP contribution in [0.15, 0.2) is 18.2 Å². The Morgan fingerprint density at radius 1 is 1.33 bits per heavy atom. The summed E-state index contributed by atoms with van der Waals surface area (Å²) in [6.45, 7) is 3.84. The summed E-state index contributed by atoms with van der Waals surface area (Å²) in [5.41, 5.74) is -0.918. The van der Waals surface area contributed by atoms with Crippen LogP contribution in [0.4, 0.5) is 19.0 Å². The van der Waals surface area contributed by atoms with Crippen molar-refractivity contribution >= 4 is 5.82 Å². The van der Waals surface area contributed by atoms with E-state index in [4.69, 9.17) is 5.11 Å². The van der Waals surface area contributed by atoms with Gasteiger partial charge in [-0.3, -0.25) is 0 Å². The normalized spacial score (nSPS) is 13.7. The molecular formula is C12H17F3N2O. The van der Waals surface area contributed by atoms with Crippen molar-refractivity contribution in [3.05, 3.63) is 23.9 Å². The number of pyridine rings is 1. The minimum absolute atomic E-state index is 0.0190. The first-order valence-electron chi connectivity index (χ1n) is 5.76. The van der Waals surface area contributed by atoms with Crippen LogP contribution in [0.25, 0.3) is 0 Å². The van der Waals surface area contributed by atoms with Crippen molar-refractivity contribution in [3.63, 3.8) is 0 Å². The van der Waals surface area contributed by atoms with Crippen LogP contribution in [0.3, 0.4) is 0 Å². The molecule has 2 N–H and O–H groups in total. The van der Waals surface area contributed by atoms with Gasteiger partial charge in [0, 0.05) is 12.6 Å². The lowest BCUT2D eigenvalue weighted by Crippen LogP contribution is -2.27. The molecule has 0 bridgehead atoms. The second-order valence-corrected chi connectivity index (χ2v) is 4.41. The van der Waals surface area contributed by atoms with Gasteiger partial charge in [0.15, 0.2) is 0 Å². The van der Waals surface area contributed by atoms with Gasteiger partial charge in [0.2, 0.25) is 0 Å². The van der Waals surface area contributed by atoms with Crippen LogP contribution >= 0.6 is 0 Å². The minimum Gasteiger partial charge on any atom is -0.396 e. The molecule has 6 heteroatoms. The van der Waals surface area contributed by atoms with Gasteiger partial charge in [-0.15, -0.1) is 0 Å². The third-order valence-corrected chi connectivity index (χ3v) is 2.62. The number of alkyl halides is 3. The third-order valence-electron chi connectivity index (χ3n) is 2.62. The number of aliphatic hydroxyl groups is 1. The van der Waals surface area contributed by atoms with Crippen LogP contribution in [0.2, 0.25) is 0 Å². The molecule has 1 unspecified atom stereocenters. The van der Waals surface area contributed by atoms with Gasteiger partial charge in [-0.05, 0) is 24.5 Å². The summed E-state index contributed by atoms with van der Waals surface area (Å²) in [7, 11) is 0. The summed E-state index contributed by atoms with van der Waals surface area (Å²) >= 11 is 0. The molecule has 0 spiro atoms. The van der Waals surface area contributed by atoms with E-state index in [1.54, 1.807) is 0 Å². The van der Waals surface area contributed by atoms with Crippen molar-refractivity contribution in [1.29, 1.82) is 0 Å². The number of nitrogens with one attached hydrogen (secondary N) is 1. The first-order chi connectivity index (χ1) is 8.34. The molecule has 0 aromatic carbocycles. The van der Waals surface area contributed by atoms with Crippen molar-refractivity contribution < 1.29 is 18.3 Å². The lowest BCUT2D eigenvalue weighted by atomic mass is 10.0. The number of aliphatic hydroxyl groups excluding tert-OH is 1. The maximum Gasteiger partial charge on any atom is 0.433 e. The summed E-state index contributed by atoms with van der Waals surface area (Å²) in [6, 6.07) is 3.63. The number of hydrogen-bond donors (Lipinski definition) is 2. The standard InChI is InChI=1S/C12H17F3N2O/c1-8(2)9(6-7-18)16-11-5-3-4-10(17-11)12(13,14)15/h3-5,8-9,18H,6-7H2,1-2H3,(H,16,17). The van der Waals surface area contributed by atoms with Crippen molar-refractivity contribution in [2.45, 2.75) is 32.5 Å². The van der Waals surface area contributed by atoms with E-state index in [9.17, 15) is 13.2 Å². The predicted octanol–water partition coefficient (Wildman–Crippen LogP) is 2.92. The highest BCUT2D eigenvalue weighted by Gasteiger charge is 2.32. The predicted molar refractivity (Wildman–Crippen MR) is 63.2 cm³/mol. The second-order valence-electron chi connectivity index (χ2n) is 4.41. The Balaban J connectivity index is 2.83. The topological polar surface area (TPSA) is 45.1 Å². The van der Waals surface area contributed by atoms with Crippen LogP contribution in [-0.4, -0.2) is 22.7 Å². The average Bonchev–Trinajstić information content (AvgIpc) is 2.27. The highest BCUT2D eigenvalue weighted by Crippen LogP contribution is 2.28. The molecule has 0 aliphatic carbocycles. The fourth-order valence-corrected chi connectivity index (χ4v) is 1.57. The Bertz CT molecular complexity index is 380. The maximum absolute atomic E-state index is 12.5. The van der Waals surface area contributed by atoms with Crippen LogP contribution in [0.1, 0.15) is 26.0 Å². The highest BCUT2D eigenvalue weighted by molar-refractivity contribution is 5.37. The molecule has 0 aliphatic heterocycles. The number of anilines is 1. The van der Waals surface area contributed by atoms with Gasteiger partial charge >= 0.3 is 6.18 Å².